The van der Waals surface area contributed by atoms with Crippen LogP contribution in [0.25, 0.3) is 27.5 Å². The highest BCUT2D eigenvalue weighted by Gasteiger charge is 2.31. The van der Waals surface area contributed by atoms with Gasteiger partial charge >= 0.3 is 6.18 Å². The molecule has 0 aliphatic heterocycles. The maximum absolute atomic E-state index is 12.9. The van der Waals surface area contributed by atoms with Crippen molar-refractivity contribution in [3.63, 3.8) is 0 Å². The lowest BCUT2D eigenvalue weighted by atomic mass is 10.1. The van der Waals surface area contributed by atoms with Crippen LogP contribution in [0, 0.1) is 0 Å². The summed E-state index contributed by atoms with van der Waals surface area (Å²) in [4.78, 5) is 1.13. The fourth-order valence-electron chi connectivity index (χ4n) is 2.86. The minimum absolute atomic E-state index is 0.0835. The van der Waals surface area contributed by atoms with E-state index in [0.717, 1.165) is 27.7 Å². The van der Waals surface area contributed by atoms with Gasteiger partial charge in [0, 0.05) is 5.75 Å². The van der Waals surface area contributed by atoms with E-state index in [4.69, 9.17) is 4.74 Å². The van der Waals surface area contributed by atoms with Gasteiger partial charge in [0.2, 0.25) is 0 Å². The first-order valence-corrected chi connectivity index (χ1v) is 8.93. The Labute approximate surface area is 162 Å². The predicted octanol–water partition coefficient (Wildman–Crippen LogP) is 4.61. The molecule has 0 saturated carbocycles. The summed E-state index contributed by atoms with van der Waals surface area (Å²) in [7, 11) is 0. The predicted molar refractivity (Wildman–Crippen MR) is 102 cm³/mol. The summed E-state index contributed by atoms with van der Waals surface area (Å²) in [5.74, 6) is 1.13. The molecule has 0 bridgehead atoms. The average Bonchev–Trinajstić information content (AvgIpc) is 3.08. The third-order valence-electron chi connectivity index (χ3n) is 4.19. The number of aromatic nitrogens is 3. The first-order valence-electron chi connectivity index (χ1n) is 8.30. The normalized spacial score (nSPS) is 12.0. The van der Waals surface area contributed by atoms with Crippen LogP contribution in [-0.4, -0.2) is 32.5 Å². The molecule has 0 radical (unpaired) electrons. The van der Waals surface area contributed by atoms with Crippen molar-refractivity contribution in [3.8, 4) is 17.2 Å². The van der Waals surface area contributed by atoms with Crippen molar-refractivity contribution in [3.05, 3.63) is 54.1 Å². The molecule has 3 aromatic carbocycles. The molecule has 4 rings (SSSR count). The first kappa shape index (κ1) is 18.4. The highest BCUT2D eigenvalue weighted by Crippen LogP contribution is 2.32. The lowest BCUT2D eigenvalue weighted by molar-refractivity contribution is -0.137. The molecule has 5 nitrogen and oxygen atoms in total. The molecule has 0 aliphatic rings. The molecule has 0 saturated heterocycles. The van der Waals surface area contributed by atoms with Crippen LogP contribution < -0.4 is 4.74 Å². The third kappa shape index (κ3) is 3.45. The van der Waals surface area contributed by atoms with E-state index in [9.17, 15) is 18.3 Å². The van der Waals surface area contributed by atoms with Crippen LogP contribution in [0.15, 0.2) is 48.5 Å². The number of hydrogen-bond donors (Lipinski definition) is 2. The summed E-state index contributed by atoms with van der Waals surface area (Å²) < 4.78 is 44.2. The zero-order chi connectivity index (χ0) is 19.9. The molecule has 1 N–H and O–H groups in total. The van der Waals surface area contributed by atoms with E-state index < -0.39 is 11.7 Å². The maximum Gasteiger partial charge on any atom is 0.416 e. The van der Waals surface area contributed by atoms with Gasteiger partial charge in [0.1, 0.15) is 28.2 Å². The van der Waals surface area contributed by atoms with Gasteiger partial charge in [0.05, 0.1) is 12.2 Å². The molecule has 1 heterocycles. The Morgan fingerprint density at radius 3 is 2.50 bits per heavy atom. The van der Waals surface area contributed by atoms with Crippen LogP contribution in [0.1, 0.15) is 5.56 Å². The van der Waals surface area contributed by atoms with E-state index in [1.165, 1.54) is 6.07 Å². The number of phenols is 1. The Hall–Kier alpha value is -2.94. The standard InChI is InChI=1S/C19H14F3N3O2S/c20-19(21,22)13-2-4-15-16(10-13)24-25(23-15)17-8-12-7-14(27-5-6-28)3-1-11(12)9-18(17)26/h1-4,7-10,26,28H,5-6H2. The molecule has 0 amide bonds. The van der Waals surface area contributed by atoms with E-state index in [0.29, 0.717) is 23.6 Å². The molecular formula is C19H14F3N3O2S. The Morgan fingerprint density at radius 1 is 0.964 bits per heavy atom. The molecule has 1 aromatic heterocycles. The van der Waals surface area contributed by atoms with Crippen LogP contribution in [0.5, 0.6) is 11.5 Å². The monoisotopic (exact) mass is 405 g/mol. The van der Waals surface area contributed by atoms with Crippen LogP contribution in [0.4, 0.5) is 13.2 Å². The Morgan fingerprint density at radius 2 is 1.75 bits per heavy atom. The SMILES string of the molecule is Oc1cc2ccc(OCCS)cc2cc1-n1nc2ccc(C(F)(F)F)cc2n1. The molecule has 0 fully saturated rings. The fourth-order valence-corrected chi connectivity index (χ4v) is 2.96. The Balaban J connectivity index is 1.79. The van der Waals surface area contributed by atoms with Crippen molar-refractivity contribution >= 4 is 34.4 Å². The second-order valence-electron chi connectivity index (χ2n) is 6.11. The zero-order valence-corrected chi connectivity index (χ0v) is 15.2. The Kier molecular flexibility index (Phi) is 4.54. The lowest BCUT2D eigenvalue weighted by Gasteiger charge is -2.08. The van der Waals surface area contributed by atoms with E-state index in [1.54, 1.807) is 30.3 Å². The summed E-state index contributed by atoms with van der Waals surface area (Å²) in [6, 6.07) is 11.7. The second kappa shape index (κ2) is 6.90. The van der Waals surface area contributed by atoms with Crippen molar-refractivity contribution in [1.82, 2.24) is 15.0 Å². The molecular weight excluding hydrogens is 391 g/mol. The summed E-state index contributed by atoms with van der Waals surface area (Å²) in [6.07, 6.45) is -4.47. The number of nitrogens with zero attached hydrogens (tertiary/aromatic N) is 3. The van der Waals surface area contributed by atoms with Gasteiger partial charge < -0.3 is 9.84 Å². The van der Waals surface area contributed by atoms with Gasteiger partial charge in [-0.1, -0.05) is 6.07 Å². The summed E-state index contributed by atoms with van der Waals surface area (Å²) in [6.45, 7) is 0.452. The number of rotatable bonds is 4. The van der Waals surface area contributed by atoms with Crippen molar-refractivity contribution < 1.29 is 23.0 Å². The van der Waals surface area contributed by atoms with Gasteiger partial charge in [0.15, 0.2) is 0 Å². The highest BCUT2D eigenvalue weighted by atomic mass is 32.1. The van der Waals surface area contributed by atoms with E-state index >= 15 is 0 Å². The van der Waals surface area contributed by atoms with Gasteiger partial charge in [-0.3, -0.25) is 0 Å². The van der Waals surface area contributed by atoms with Crippen molar-refractivity contribution in [2.75, 3.05) is 12.4 Å². The molecule has 144 valence electrons. The fraction of sp³-hybridized carbons (Fsp3) is 0.158. The van der Waals surface area contributed by atoms with Gasteiger partial charge in [-0.05, 0) is 53.2 Å². The maximum atomic E-state index is 12.9. The van der Waals surface area contributed by atoms with Crippen molar-refractivity contribution in [1.29, 1.82) is 0 Å². The number of phenolic OH excluding ortho intramolecular Hbond substituents is 1. The number of halogens is 3. The minimum atomic E-state index is -4.47. The van der Waals surface area contributed by atoms with E-state index in [2.05, 4.69) is 22.8 Å². The Bertz CT molecular complexity index is 1170. The van der Waals surface area contributed by atoms with Crippen molar-refractivity contribution in [2.45, 2.75) is 6.18 Å². The molecule has 0 aliphatic carbocycles. The number of ether oxygens (including phenoxy) is 1. The largest absolute Gasteiger partial charge is 0.506 e. The topological polar surface area (TPSA) is 60.2 Å². The molecule has 0 spiro atoms. The number of fused-ring (bicyclic) bond motifs is 2. The first-order chi connectivity index (χ1) is 13.3. The number of benzene rings is 3. The zero-order valence-electron chi connectivity index (χ0n) is 14.3. The molecule has 0 unspecified atom stereocenters. The lowest BCUT2D eigenvalue weighted by Crippen LogP contribution is -2.04. The van der Waals surface area contributed by atoms with E-state index in [1.807, 2.05) is 0 Å². The molecule has 9 heteroatoms. The third-order valence-corrected chi connectivity index (χ3v) is 4.37. The molecule has 28 heavy (non-hydrogen) atoms. The molecule has 0 atom stereocenters. The number of hydrogen-bond acceptors (Lipinski definition) is 5. The minimum Gasteiger partial charge on any atom is -0.506 e. The summed E-state index contributed by atoms with van der Waals surface area (Å²) in [5.41, 5.74) is -0.178. The molecule has 4 aromatic rings. The van der Waals surface area contributed by atoms with Gasteiger partial charge in [-0.15, -0.1) is 15.0 Å². The van der Waals surface area contributed by atoms with Crippen LogP contribution >= 0.6 is 12.6 Å². The number of alkyl halides is 3. The quantitative estimate of drug-likeness (QED) is 0.487. The number of aromatic hydroxyl groups is 1. The number of thiol groups is 1. The second-order valence-corrected chi connectivity index (χ2v) is 6.56. The van der Waals surface area contributed by atoms with Gasteiger partial charge in [-0.25, -0.2) is 0 Å². The average molecular weight is 405 g/mol. The van der Waals surface area contributed by atoms with Crippen LogP contribution in [0.2, 0.25) is 0 Å². The van der Waals surface area contributed by atoms with Gasteiger partial charge in [0.25, 0.3) is 0 Å². The van der Waals surface area contributed by atoms with Crippen LogP contribution in [-0.2, 0) is 6.18 Å². The van der Waals surface area contributed by atoms with Crippen molar-refractivity contribution in [2.24, 2.45) is 0 Å². The summed E-state index contributed by atoms with van der Waals surface area (Å²) >= 11 is 4.10. The van der Waals surface area contributed by atoms with Crippen LogP contribution in [0.3, 0.4) is 0 Å². The summed E-state index contributed by atoms with van der Waals surface area (Å²) in [5, 5.41) is 20.2. The smallest absolute Gasteiger partial charge is 0.416 e. The van der Waals surface area contributed by atoms with E-state index in [-0.39, 0.29) is 17.0 Å². The highest BCUT2D eigenvalue weighted by molar-refractivity contribution is 7.80. The van der Waals surface area contributed by atoms with Gasteiger partial charge in [-0.2, -0.15) is 25.8 Å².